The highest BCUT2D eigenvalue weighted by Crippen LogP contribution is 2.34. The lowest BCUT2D eigenvalue weighted by Crippen LogP contribution is -2.29. The number of hydroxylamine groups is 2. The lowest BCUT2D eigenvalue weighted by Gasteiger charge is -2.21. The van der Waals surface area contributed by atoms with E-state index in [2.05, 4.69) is 0 Å². The third kappa shape index (κ3) is 3.88. The third-order valence-electron chi connectivity index (χ3n) is 4.22. The average Bonchev–Trinajstić information content (AvgIpc) is 3.01. The second kappa shape index (κ2) is 7.84. The van der Waals surface area contributed by atoms with Crippen molar-refractivity contribution in [2.24, 2.45) is 0 Å². The van der Waals surface area contributed by atoms with E-state index < -0.39 is 4.92 Å². The molecule has 0 radical (unpaired) electrons. The number of carbonyl (C=O) groups is 1. The summed E-state index contributed by atoms with van der Waals surface area (Å²) < 4.78 is 0. The van der Waals surface area contributed by atoms with Gasteiger partial charge in [-0.2, -0.15) is 0 Å². The first-order chi connectivity index (χ1) is 13.0. The van der Waals surface area contributed by atoms with Crippen molar-refractivity contribution < 1.29 is 19.7 Å². The topological polar surface area (TPSA) is 92.9 Å². The second-order valence-electron chi connectivity index (χ2n) is 6.01. The smallest absolute Gasteiger partial charge is 0.269 e. The van der Waals surface area contributed by atoms with Gasteiger partial charge in [0.2, 0.25) is 0 Å². The Bertz CT molecular complexity index is 901. The minimum atomic E-state index is -0.478. The molecule has 7 nitrogen and oxygen atoms in total. The Morgan fingerprint density at radius 2 is 1.85 bits per heavy atom. The van der Waals surface area contributed by atoms with Gasteiger partial charge in [-0.05, 0) is 36.8 Å². The molecular formula is C20H18N2O5. The Hall–Kier alpha value is -3.45. The van der Waals surface area contributed by atoms with Crippen LogP contribution in [-0.4, -0.2) is 27.4 Å². The molecule has 7 heteroatoms. The van der Waals surface area contributed by atoms with E-state index in [1.807, 2.05) is 19.1 Å². The van der Waals surface area contributed by atoms with E-state index in [0.29, 0.717) is 23.4 Å². The van der Waals surface area contributed by atoms with E-state index in [9.17, 15) is 20.0 Å². The minimum Gasteiger partial charge on any atom is -0.508 e. The van der Waals surface area contributed by atoms with Crippen molar-refractivity contribution in [2.75, 3.05) is 0 Å². The van der Waals surface area contributed by atoms with Gasteiger partial charge in [0.05, 0.1) is 23.1 Å². The number of phenolic OH excluding ortho intramolecular Hbond substituents is 1. The van der Waals surface area contributed by atoms with Crippen molar-refractivity contribution in [1.29, 1.82) is 0 Å². The highest BCUT2D eigenvalue weighted by molar-refractivity contribution is 5.89. The number of aldehydes is 1. The first-order valence-corrected chi connectivity index (χ1v) is 8.33. The number of aromatic hydroxyl groups is 1. The van der Waals surface area contributed by atoms with Crippen molar-refractivity contribution in [3.8, 4) is 5.75 Å². The molecule has 0 aliphatic carbocycles. The summed E-state index contributed by atoms with van der Waals surface area (Å²) in [5.74, 6) is 0.547. The van der Waals surface area contributed by atoms with Gasteiger partial charge in [0, 0.05) is 17.7 Å². The Kier molecular flexibility index (Phi) is 5.33. The van der Waals surface area contributed by atoms with Gasteiger partial charge in [0.15, 0.2) is 12.0 Å². The predicted molar refractivity (Wildman–Crippen MR) is 99.4 cm³/mol. The maximum Gasteiger partial charge on any atom is 0.269 e. The minimum absolute atomic E-state index is 0.0315. The van der Waals surface area contributed by atoms with Crippen LogP contribution in [0.2, 0.25) is 0 Å². The summed E-state index contributed by atoms with van der Waals surface area (Å²) in [6, 6.07) is 12.2. The van der Waals surface area contributed by atoms with Gasteiger partial charge in [-0.1, -0.05) is 24.3 Å². The summed E-state index contributed by atoms with van der Waals surface area (Å²) in [5.41, 5.74) is 1.90. The molecule has 2 aromatic carbocycles. The molecule has 0 saturated heterocycles. The fourth-order valence-electron chi connectivity index (χ4n) is 2.89. The molecule has 1 aliphatic rings. The number of phenols is 1. The molecule has 1 unspecified atom stereocenters. The Balaban J connectivity index is 1.92. The van der Waals surface area contributed by atoms with Gasteiger partial charge in [0.1, 0.15) is 5.75 Å². The third-order valence-corrected chi connectivity index (χ3v) is 4.22. The van der Waals surface area contributed by atoms with E-state index in [1.54, 1.807) is 41.5 Å². The molecule has 1 aliphatic heterocycles. The summed E-state index contributed by atoms with van der Waals surface area (Å²) in [4.78, 5) is 28.1. The van der Waals surface area contributed by atoms with E-state index in [0.717, 1.165) is 11.8 Å². The van der Waals surface area contributed by atoms with Crippen LogP contribution in [0.3, 0.4) is 0 Å². The van der Waals surface area contributed by atoms with Crippen molar-refractivity contribution in [3.05, 3.63) is 87.5 Å². The highest BCUT2D eigenvalue weighted by Gasteiger charge is 2.34. The van der Waals surface area contributed by atoms with Gasteiger partial charge in [-0.15, -0.1) is 5.06 Å². The molecule has 0 amide bonds. The summed E-state index contributed by atoms with van der Waals surface area (Å²) >= 11 is 0. The van der Waals surface area contributed by atoms with Crippen LogP contribution in [0.5, 0.6) is 5.75 Å². The molecule has 0 aromatic heterocycles. The summed E-state index contributed by atoms with van der Waals surface area (Å²) in [6.45, 7) is 2.24. The van der Waals surface area contributed by atoms with Crippen LogP contribution in [-0.2, 0) is 16.2 Å². The van der Waals surface area contributed by atoms with Gasteiger partial charge in [0.25, 0.3) is 5.69 Å². The van der Waals surface area contributed by atoms with Crippen LogP contribution in [0.15, 0.2) is 66.3 Å². The molecule has 0 saturated carbocycles. The van der Waals surface area contributed by atoms with Crippen LogP contribution in [0.1, 0.15) is 18.1 Å². The molecule has 1 N–H and O–H groups in total. The van der Waals surface area contributed by atoms with Crippen LogP contribution in [0.4, 0.5) is 5.69 Å². The van der Waals surface area contributed by atoms with Crippen molar-refractivity contribution in [1.82, 2.24) is 5.06 Å². The van der Waals surface area contributed by atoms with E-state index >= 15 is 0 Å². The van der Waals surface area contributed by atoms with E-state index in [4.69, 9.17) is 4.84 Å². The van der Waals surface area contributed by atoms with Crippen molar-refractivity contribution >= 4 is 17.7 Å². The normalized spacial score (nSPS) is 17.3. The van der Waals surface area contributed by atoms with E-state index in [1.165, 1.54) is 12.1 Å². The van der Waals surface area contributed by atoms with Gasteiger partial charge < -0.3 is 9.94 Å². The molecule has 1 atom stereocenters. The lowest BCUT2D eigenvalue weighted by atomic mass is 10.0. The first-order valence-electron chi connectivity index (χ1n) is 8.33. The highest BCUT2D eigenvalue weighted by atomic mass is 16.7. The number of carbonyl (C=O) groups excluding carboxylic acids is 1. The Labute approximate surface area is 155 Å². The molecule has 2 aromatic rings. The lowest BCUT2D eigenvalue weighted by molar-refractivity contribution is -0.384. The zero-order valence-electron chi connectivity index (χ0n) is 14.6. The zero-order chi connectivity index (χ0) is 19.4. The Morgan fingerprint density at radius 1 is 1.19 bits per heavy atom. The van der Waals surface area contributed by atoms with Crippen molar-refractivity contribution in [2.45, 2.75) is 19.5 Å². The fraction of sp³-hybridized carbons (Fsp3) is 0.150. The second-order valence-corrected chi connectivity index (χ2v) is 6.01. The molecule has 0 spiro atoms. The maximum absolute atomic E-state index is 11.8. The average molecular weight is 366 g/mol. The maximum atomic E-state index is 11.8. The van der Waals surface area contributed by atoms with Gasteiger partial charge in [-0.25, -0.2) is 0 Å². The predicted octanol–water partition coefficient (Wildman–Crippen LogP) is 3.60. The Morgan fingerprint density at radius 3 is 2.41 bits per heavy atom. The molecular weight excluding hydrogens is 348 g/mol. The van der Waals surface area contributed by atoms with Gasteiger partial charge in [-0.3, -0.25) is 14.9 Å². The number of nitro benzene ring substituents is 1. The molecule has 27 heavy (non-hydrogen) atoms. The number of hydrogen-bond acceptors (Lipinski definition) is 6. The zero-order valence-corrected chi connectivity index (χ0v) is 14.6. The van der Waals surface area contributed by atoms with Crippen LogP contribution in [0, 0.1) is 10.1 Å². The number of benzene rings is 2. The number of allylic oxidation sites excluding steroid dienone is 1. The number of hydrogen-bond donors (Lipinski definition) is 1. The van der Waals surface area contributed by atoms with Crippen LogP contribution >= 0.6 is 0 Å². The standard InChI is InChI=1S/C20H18N2O5/c1-2-3-19-18(13-23)20(15-6-8-16(9-7-15)22(25)26)27-21(19)12-14-4-10-17(24)11-5-14/h2-11,13,19,24H,12H2,1H3. The van der Waals surface area contributed by atoms with Crippen LogP contribution < -0.4 is 0 Å². The van der Waals surface area contributed by atoms with E-state index in [-0.39, 0.29) is 17.5 Å². The number of nitro groups is 1. The van der Waals surface area contributed by atoms with Crippen LogP contribution in [0.25, 0.3) is 5.76 Å². The monoisotopic (exact) mass is 366 g/mol. The molecule has 138 valence electrons. The first kappa shape index (κ1) is 18.3. The molecule has 3 rings (SSSR count). The van der Waals surface area contributed by atoms with Crippen molar-refractivity contribution in [3.63, 3.8) is 0 Å². The molecule has 0 bridgehead atoms. The molecule has 0 fully saturated rings. The quantitative estimate of drug-likeness (QED) is 0.363. The largest absolute Gasteiger partial charge is 0.508 e. The number of nitrogens with zero attached hydrogens (tertiary/aromatic N) is 2. The summed E-state index contributed by atoms with van der Waals surface area (Å²) in [6.07, 6.45) is 4.43. The number of rotatable bonds is 6. The fourth-order valence-corrected chi connectivity index (χ4v) is 2.89. The molecule has 1 heterocycles. The summed E-state index contributed by atoms with van der Waals surface area (Å²) in [7, 11) is 0. The SMILES string of the molecule is CC=CC1C(C=O)=C(c2ccc([N+](=O)[O-])cc2)ON1Cc1ccc(O)cc1. The summed E-state index contributed by atoms with van der Waals surface area (Å²) in [5, 5.41) is 21.9. The number of non-ortho nitro benzene ring substituents is 1. The van der Waals surface area contributed by atoms with Gasteiger partial charge >= 0.3 is 0 Å².